The number of imidazole rings is 1. The molecule has 236 valence electrons. The number of anilines is 2. The van der Waals surface area contributed by atoms with Crippen molar-refractivity contribution in [1.29, 1.82) is 0 Å². The van der Waals surface area contributed by atoms with Gasteiger partial charge in [0.2, 0.25) is 0 Å². The molecule has 2 bridgehead atoms. The van der Waals surface area contributed by atoms with Gasteiger partial charge < -0.3 is 30.4 Å². The molecule has 3 aliphatic heterocycles. The monoisotopic (exact) mass is 693 g/mol. The summed E-state index contributed by atoms with van der Waals surface area (Å²) >= 11 is 9.17. The zero-order valence-electron chi connectivity index (χ0n) is 22.0. The number of hydrogen-bond acceptors (Lipinski definition) is 15. The zero-order valence-corrected chi connectivity index (χ0v) is 25.5. The minimum Gasteiger partial charge on any atom is -0.397 e. The summed E-state index contributed by atoms with van der Waals surface area (Å²) in [6.45, 7) is -10.0. The van der Waals surface area contributed by atoms with Crippen molar-refractivity contribution in [3.05, 3.63) is 30.9 Å². The maximum absolute atomic E-state index is 16.0. The molecule has 0 radical (unpaired) electrons. The second-order valence-electron chi connectivity index (χ2n) is 10.0. The average molecular weight is 694 g/mol. The molecule has 0 aliphatic carbocycles. The van der Waals surface area contributed by atoms with Crippen molar-refractivity contribution in [3.8, 4) is 0 Å². The Kier molecular flexibility index (Phi) is 7.65. The number of ether oxygens (including phenoxy) is 2. The van der Waals surface area contributed by atoms with Crippen LogP contribution in [0.5, 0.6) is 0 Å². The summed E-state index contributed by atoms with van der Waals surface area (Å²) in [6, 6.07) is 4.86. The summed E-state index contributed by atoms with van der Waals surface area (Å²) in [5, 5.41) is 8.05. The summed E-state index contributed by atoms with van der Waals surface area (Å²) in [7, 11) is 0. The molecule has 3 aliphatic rings. The van der Waals surface area contributed by atoms with E-state index in [2.05, 4.69) is 37.5 Å². The van der Waals surface area contributed by atoms with E-state index in [-0.39, 0.29) is 17.0 Å². The van der Waals surface area contributed by atoms with Crippen LogP contribution in [0.2, 0.25) is 0 Å². The molecule has 3 aromatic heterocycles. The molecule has 23 heteroatoms. The van der Waals surface area contributed by atoms with Gasteiger partial charge in [-0.2, -0.15) is 0 Å². The van der Waals surface area contributed by atoms with Gasteiger partial charge >= 0.3 is 13.5 Å². The largest absolute Gasteiger partial charge is 0.397 e. The van der Waals surface area contributed by atoms with Crippen LogP contribution in [0.25, 0.3) is 22.2 Å². The molecule has 5 N–H and O–H groups in total. The van der Waals surface area contributed by atoms with Crippen molar-refractivity contribution in [2.75, 3.05) is 24.7 Å². The molecule has 4 aromatic rings. The molecule has 17 nitrogen and oxygen atoms in total. The summed E-state index contributed by atoms with van der Waals surface area (Å²) in [4.78, 5) is 23.1. The summed E-state index contributed by atoms with van der Waals surface area (Å²) in [5.74, 6) is 0.0550. The number of rotatable bonds is 2. The third kappa shape index (κ3) is 5.28. The first-order valence-electron chi connectivity index (χ1n) is 12.9. The van der Waals surface area contributed by atoms with Crippen molar-refractivity contribution >= 4 is 71.3 Å². The Morgan fingerprint density at radius 2 is 1.77 bits per heavy atom. The highest BCUT2D eigenvalue weighted by atomic mass is 32.7. The summed E-state index contributed by atoms with van der Waals surface area (Å²) in [6.07, 6.45) is -10.4. The number of fused-ring (bicyclic) bond motifs is 5. The van der Waals surface area contributed by atoms with Gasteiger partial charge in [-0.3, -0.25) is 18.1 Å². The standard InChI is InChI=1S/C21H23F2N9O8P2S2/c22-12-10-4-35-41(33,43)39-16-11(38-20(13(16)23)31-7-28-15-18(25)26-6-27-19(15)31)5-36-42(34,44)40-17(12)21(37-10)32-9-3-1-2-8(24)14(9)29-30-32/h1-3,6-7,10-13,16-17,20-21H,4-5,24H2,(H,33,43)(H,34,44)(H2,25,26,27)/t10?,11-,12-,13-,16-,17-,20-,21-,41?,42?/m1/s1. The van der Waals surface area contributed by atoms with Crippen LogP contribution in [-0.2, 0) is 43.9 Å². The second kappa shape index (κ2) is 11.1. The molecule has 0 saturated carbocycles. The van der Waals surface area contributed by atoms with Gasteiger partial charge in [-0.15, -0.1) is 5.10 Å². The lowest BCUT2D eigenvalue weighted by atomic mass is 10.1. The molecule has 0 spiro atoms. The fourth-order valence-electron chi connectivity index (χ4n) is 5.25. The Hall–Kier alpha value is -2.42. The smallest absolute Gasteiger partial charge is 0.386 e. The maximum Gasteiger partial charge on any atom is 0.386 e. The number of nitrogens with zero attached hydrogens (tertiary/aromatic N) is 7. The first-order valence-corrected chi connectivity index (χ1v) is 18.1. The summed E-state index contributed by atoms with van der Waals surface area (Å²) < 4.78 is 81.2. The molecule has 0 amide bonds. The number of aromatic nitrogens is 7. The van der Waals surface area contributed by atoms with Crippen molar-refractivity contribution in [3.63, 3.8) is 0 Å². The van der Waals surface area contributed by atoms with E-state index in [4.69, 9.17) is 50.8 Å². The van der Waals surface area contributed by atoms with Gasteiger partial charge in [0.05, 0.1) is 30.7 Å². The van der Waals surface area contributed by atoms with Gasteiger partial charge in [0, 0.05) is 0 Å². The third-order valence-electron chi connectivity index (χ3n) is 7.28. The van der Waals surface area contributed by atoms with Crippen molar-refractivity contribution < 1.29 is 45.8 Å². The molecule has 6 heterocycles. The number of hydrogen-bond donors (Lipinski definition) is 4. The highest BCUT2D eigenvalue weighted by molar-refractivity contribution is 8.44. The quantitative estimate of drug-likeness (QED) is 0.134. The van der Waals surface area contributed by atoms with Crippen molar-refractivity contribution in [2.45, 2.75) is 49.2 Å². The van der Waals surface area contributed by atoms with Crippen LogP contribution in [0.3, 0.4) is 0 Å². The van der Waals surface area contributed by atoms with Crippen molar-refractivity contribution in [1.82, 2.24) is 34.5 Å². The van der Waals surface area contributed by atoms with Gasteiger partial charge in [-0.1, -0.05) is 23.5 Å². The first kappa shape index (κ1) is 30.2. The van der Waals surface area contributed by atoms with E-state index in [1.165, 1.54) is 21.9 Å². The Morgan fingerprint density at radius 1 is 1.00 bits per heavy atom. The predicted molar refractivity (Wildman–Crippen MR) is 154 cm³/mol. The molecule has 3 saturated heterocycles. The van der Waals surface area contributed by atoms with Crippen LogP contribution in [0.1, 0.15) is 12.5 Å². The lowest BCUT2D eigenvalue weighted by Gasteiger charge is -2.26. The first-order chi connectivity index (χ1) is 20.9. The molecule has 3 unspecified atom stereocenters. The molecule has 3 fully saturated rings. The minimum atomic E-state index is -4.41. The van der Waals surface area contributed by atoms with E-state index in [1.807, 2.05) is 0 Å². The fourth-order valence-corrected chi connectivity index (χ4v) is 8.14. The van der Waals surface area contributed by atoms with E-state index in [0.29, 0.717) is 16.7 Å². The highest BCUT2D eigenvalue weighted by Gasteiger charge is 2.54. The molecule has 10 atom stereocenters. The maximum atomic E-state index is 16.0. The topological polar surface area (TPSA) is 219 Å². The SMILES string of the molecule is Nc1ncnc2c1ncn2[C@@H]1O[C@@H]2COP(O)(=S)O[C@@H]3[C@H](F)C(COP(=O)(S)O[C@H]2[C@H]1F)O[C@H]3n1nnc2c(N)cccc21. The number of halogens is 2. The molecular formula is C21H23F2N9O8P2S2. The molecule has 7 rings (SSSR count). The van der Waals surface area contributed by atoms with Gasteiger partial charge in [0.25, 0.3) is 0 Å². The Bertz CT molecular complexity index is 1840. The van der Waals surface area contributed by atoms with E-state index in [9.17, 15) is 9.46 Å². The fraction of sp³-hybridized carbons (Fsp3) is 0.476. The van der Waals surface area contributed by atoms with Crippen LogP contribution in [0.15, 0.2) is 30.9 Å². The number of nitrogen functional groups attached to an aromatic ring is 2. The molecule has 1 aromatic carbocycles. The van der Waals surface area contributed by atoms with Gasteiger partial charge in [-0.05, 0) is 23.9 Å². The minimum absolute atomic E-state index is 0.0550. The Morgan fingerprint density at radius 3 is 2.59 bits per heavy atom. The number of alkyl halides is 2. The van der Waals surface area contributed by atoms with Crippen LogP contribution < -0.4 is 11.5 Å². The van der Waals surface area contributed by atoms with E-state index >= 15 is 8.78 Å². The third-order valence-corrected chi connectivity index (χ3v) is 10.5. The average Bonchev–Trinajstić information content (AvgIpc) is 3.73. The second-order valence-corrected chi connectivity index (χ2v) is 15.7. The van der Waals surface area contributed by atoms with Crippen LogP contribution in [0, 0.1) is 0 Å². The van der Waals surface area contributed by atoms with Crippen molar-refractivity contribution in [2.24, 2.45) is 0 Å². The van der Waals surface area contributed by atoms with Crippen LogP contribution in [-0.4, -0.2) is 89.4 Å². The predicted octanol–water partition coefficient (Wildman–Crippen LogP) is 1.98. The lowest BCUT2D eigenvalue weighted by Crippen LogP contribution is -2.34. The van der Waals surface area contributed by atoms with E-state index in [0.717, 1.165) is 0 Å². The van der Waals surface area contributed by atoms with Gasteiger partial charge in [-0.25, -0.2) is 33.0 Å². The normalized spacial score (nSPS) is 38.3. The van der Waals surface area contributed by atoms with E-state index < -0.39 is 75.9 Å². The summed E-state index contributed by atoms with van der Waals surface area (Å²) in [5.41, 5.74) is 13.2. The molecular weight excluding hydrogens is 670 g/mol. The van der Waals surface area contributed by atoms with Crippen LogP contribution >= 0.6 is 25.8 Å². The molecule has 44 heavy (non-hydrogen) atoms. The Balaban J connectivity index is 1.20. The number of thiol groups is 1. The Labute approximate surface area is 256 Å². The lowest BCUT2D eigenvalue weighted by molar-refractivity contribution is -0.0623. The number of nitrogens with two attached hydrogens (primary N) is 2. The number of benzene rings is 1. The highest BCUT2D eigenvalue weighted by Crippen LogP contribution is 2.58. The van der Waals surface area contributed by atoms with E-state index in [1.54, 1.807) is 18.2 Å². The van der Waals surface area contributed by atoms with Gasteiger partial charge in [0.1, 0.15) is 41.8 Å². The van der Waals surface area contributed by atoms with Crippen LogP contribution in [0.4, 0.5) is 20.3 Å². The zero-order chi connectivity index (χ0) is 31.0. The van der Waals surface area contributed by atoms with Gasteiger partial charge in [0.15, 0.2) is 36.3 Å².